The Morgan fingerprint density at radius 2 is 1.76 bits per heavy atom. The first-order valence-electron chi connectivity index (χ1n) is 8.86. The lowest BCUT2D eigenvalue weighted by molar-refractivity contribution is 0.00453. The number of nitrogens with two attached hydrogens (primary N) is 1. The molecule has 25 heavy (non-hydrogen) atoms. The fraction of sp³-hybridized carbons (Fsp3) is 0.421. The first kappa shape index (κ1) is 17.8. The van der Waals surface area contributed by atoms with Gasteiger partial charge in [0.15, 0.2) is 6.23 Å². The molecule has 2 aromatic rings. The van der Waals surface area contributed by atoms with E-state index in [4.69, 9.17) is 5.73 Å². The van der Waals surface area contributed by atoms with E-state index in [9.17, 15) is 9.90 Å². The largest absolute Gasteiger partial charge is 0.369 e. The van der Waals surface area contributed by atoms with Gasteiger partial charge in [-0.25, -0.2) is 0 Å². The van der Waals surface area contributed by atoms with Crippen molar-refractivity contribution in [3.8, 4) is 0 Å². The fourth-order valence-corrected chi connectivity index (χ4v) is 3.32. The second-order valence-corrected chi connectivity index (χ2v) is 6.27. The molecule has 0 aliphatic carbocycles. The van der Waals surface area contributed by atoms with E-state index in [0.29, 0.717) is 18.7 Å². The average molecular weight is 342 g/mol. The number of hydrogen-bond acceptors (Lipinski definition) is 5. The van der Waals surface area contributed by atoms with Gasteiger partial charge < -0.3 is 26.4 Å². The van der Waals surface area contributed by atoms with Gasteiger partial charge in [0.25, 0.3) is 5.91 Å². The monoisotopic (exact) mass is 342 g/mol. The minimum Gasteiger partial charge on any atom is -0.369 e. The molecular formula is C19H26N4O2. The summed E-state index contributed by atoms with van der Waals surface area (Å²) in [4.78, 5) is 14.3. The zero-order valence-corrected chi connectivity index (χ0v) is 14.4. The molecule has 6 nitrogen and oxygen atoms in total. The van der Waals surface area contributed by atoms with Crippen molar-refractivity contribution in [1.82, 2.24) is 15.5 Å². The van der Waals surface area contributed by atoms with Gasteiger partial charge >= 0.3 is 0 Å². The van der Waals surface area contributed by atoms with Gasteiger partial charge in [0.05, 0.1) is 0 Å². The Labute approximate surface area is 148 Å². The van der Waals surface area contributed by atoms with Crippen LogP contribution in [0.25, 0.3) is 10.8 Å². The predicted octanol–water partition coefficient (Wildman–Crippen LogP) is 0.815. The number of carbonyl (C=O) groups is 1. The Morgan fingerprint density at radius 3 is 2.52 bits per heavy atom. The zero-order chi connectivity index (χ0) is 17.6. The Morgan fingerprint density at radius 1 is 1.04 bits per heavy atom. The van der Waals surface area contributed by atoms with Gasteiger partial charge in [-0.05, 0) is 24.4 Å². The molecule has 1 atom stereocenters. The van der Waals surface area contributed by atoms with Crippen molar-refractivity contribution in [2.75, 3.05) is 39.3 Å². The number of benzene rings is 2. The van der Waals surface area contributed by atoms with Gasteiger partial charge in [-0.15, -0.1) is 0 Å². The topological polar surface area (TPSA) is 90.6 Å². The van der Waals surface area contributed by atoms with Crippen LogP contribution in [0.2, 0.25) is 0 Å². The zero-order valence-electron chi connectivity index (χ0n) is 14.4. The Balaban J connectivity index is 1.58. The van der Waals surface area contributed by atoms with Crippen LogP contribution in [-0.2, 0) is 0 Å². The molecule has 0 radical (unpaired) electrons. The summed E-state index contributed by atoms with van der Waals surface area (Å²) in [6.07, 6.45) is -0.0880. The molecule has 1 aliphatic rings. The summed E-state index contributed by atoms with van der Waals surface area (Å²) in [6.45, 7) is 4.52. The summed E-state index contributed by atoms with van der Waals surface area (Å²) < 4.78 is 0. The van der Waals surface area contributed by atoms with Gasteiger partial charge in [0.2, 0.25) is 0 Å². The lowest BCUT2D eigenvalue weighted by Gasteiger charge is -2.33. The van der Waals surface area contributed by atoms with Crippen molar-refractivity contribution in [1.29, 1.82) is 0 Å². The van der Waals surface area contributed by atoms with Crippen molar-refractivity contribution in [3.63, 3.8) is 0 Å². The third-order valence-electron chi connectivity index (χ3n) is 4.55. The SMILES string of the molecule is NCCNCCNCCCN1C(=O)c2cccc3cccc(c23)C1O. The first-order valence-corrected chi connectivity index (χ1v) is 8.86. The normalized spacial score (nSPS) is 16.6. The average Bonchev–Trinajstić information content (AvgIpc) is 2.64. The molecule has 0 fully saturated rings. The van der Waals surface area contributed by atoms with Crippen LogP contribution < -0.4 is 16.4 Å². The van der Waals surface area contributed by atoms with Crippen LogP contribution in [0.4, 0.5) is 0 Å². The Bertz CT molecular complexity index is 729. The molecular weight excluding hydrogens is 316 g/mol. The van der Waals surface area contributed by atoms with Crippen LogP contribution in [0.15, 0.2) is 36.4 Å². The van der Waals surface area contributed by atoms with Crippen LogP contribution in [0.3, 0.4) is 0 Å². The van der Waals surface area contributed by atoms with Crippen molar-refractivity contribution >= 4 is 16.7 Å². The molecule has 1 unspecified atom stereocenters. The van der Waals surface area contributed by atoms with E-state index in [1.165, 1.54) is 0 Å². The van der Waals surface area contributed by atoms with Crippen molar-refractivity contribution in [2.24, 2.45) is 5.73 Å². The maximum absolute atomic E-state index is 12.8. The van der Waals surface area contributed by atoms with Crippen LogP contribution in [-0.4, -0.2) is 55.2 Å². The van der Waals surface area contributed by atoms with Gasteiger partial charge in [0.1, 0.15) is 0 Å². The molecule has 0 aromatic heterocycles. The van der Waals surface area contributed by atoms with Crippen LogP contribution in [0.1, 0.15) is 28.6 Å². The fourth-order valence-electron chi connectivity index (χ4n) is 3.32. The highest BCUT2D eigenvalue weighted by Crippen LogP contribution is 2.35. The molecule has 0 saturated heterocycles. The number of carbonyl (C=O) groups excluding carboxylic acids is 1. The summed E-state index contributed by atoms with van der Waals surface area (Å²) in [5, 5.41) is 19.1. The summed E-state index contributed by atoms with van der Waals surface area (Å²) in [6, 6.07) is 11.5. The standard InChI is InChI=1S/C19H26N4O2/c20-8-10-22-12-11-21-9-3-13-23-18(24)15-6-1-4-14-5-2-7-16(17(14)15)19(23)25/h1-2,4-7,18,21-22,24H,3,8-13,20H2. The van der Waals surface area contributed by atoms with Gasteiger partial charge in [-0.2, -0.15) is 0 Å². The van der Waals surface area contributed by atoms with Crippen molar-refractivity contribution < 1.29 is 9.90 Å². The summed E-state index contributed by atoms with van der Waals surface area (Å²) >= 11 is 0. The van der Waals surface area contributed by atoms with E-state index < -0.39 is 6.23 Å². The predicted molar refractivity (Wildman–Crippen MR) is 99.4 cm³/mol. The maximum Gasteiger partial charge on any atom is 0.256 e. The van der Waals surface area contributed by atoms with Crippen molar-refractivity contribution in [2.45, 2.75) is 12.6 Å². The molecule has 134 valence electrons. The molecule has 2 aromatic carbocycles. The molecule has 6 heteroatoms. The highest BCUT2D eigenvalue weighted by molar-refractivity contribution is 6.10. The Kier molecular flexibility index (Phi) is 5.99. The molecule has 3 rings (SSSR count). The van der Waals surface area contributed by atoms with Gasteiger partial charge in [0, 0.05) is 49.2 Å². The summed E-state index contributed by atoms with van der Waals surface area (Å²) in [7, 11) is 0. The van der Waals surface area contributed by atoms with Crippen molar-refractivity contribution in [3.05, 3.63) is 47.5 Å². The summed E-state index contributed by atoms with van der Waals surface area (Å²) in [5.41, 5.74) is 6.91. The molecule has 1 heterocycles. The van der Waals surface area contributed by atoms with E-state index in [1.54, 1.807) is 4.90 Å². The molecule has 0 bridgehead atoms. The minimum absolute atomic E-state index is 0.0959. The number of aliphatic hydroxyl groups excluding tert-OH is 1. The van der Waals surface area contributed by atoms with Crippen LogP contribution >= 0.6 is 0 Å². The number of amides is 1. The third-order valence-corrected chi connectivity index (χ3v) is 4.55. The van der Waals surface area contributed by atoms with E-state index in [0.717, 1.165) is 48.9 Å². The minimum atomic E-state index is -0.877. The second-order valence-electron chi connectivity index (χ2n) is 6.27. The number of aliphatic hydroxyl groups is 1. The van der Waals surface area contributed by atoms with Crippen LogP contribution in [0, 0.1) is 0 Å². The van der Waals surface area contributed by atoms with Gasteiger partial charge in [-0.3, -0.25) is 4.79 Å². The number of rotatable bonds is 9. The smallest absolute Gasteiger partial charge is 0.256 e. The number of nitrogens with one attached hydrogen (secondary N) is 2. The highest BCUT2D eigenvalue weighted by atomic mass is 16.3. The maximum atomic E-state index is 12.8. The van der Waals surface area contributed by atoms with Crippen LogP contribution in [0.5, 0.6) is 0 Å². The highest BCUT2D eigenvalue weighted by Gasteiger charge is 2.31. The van der Waals surface area contributed by atoms with E-state index >= 15 is 0 Å². The number of hydrogen-bond donors (Lipinski definition) is 4. The quantitative estimate of drug-likeness (QED) is 0.507. The first-order chi connectivity index (χ1) is 12.2. The second kappa shape index (κ2) is 8.40. The van der Waals surface area contributed by atoms with E-state index in [1.807, 2.05) is 36.4 Å². The van der Waals surface area contributed by atoms with E-state index in [2.05, 4.69) is 10.6 Å². The molecule has 5 N–H and O–H groups in total. The van der Waals surface area contributed by atoms with Gasteiger partial charge in [-0.1, -0.05) is 30.3 Å². The van der Waals surface area contributed by atoms with E-state index in [-0.39, 0.29) is 5.91 Å². The lowest BCUT2D eigenvalue weighted by Crippen LogP contribution is -2.40. The summed E-state index contributed by atoms with van der Waals surface area (Å²) in [5.74, 6) is -0.0959. The molecule has 1 amide bonds. The molecule has 0 spiro atoms. The molecule has 1 aliphatic heterocycles. The Hall–Kier alpha value is -1.99. The lowest BCUT2D eigenvalue weighted by atomic mass is 9.93. The third kappa shape index (κ3) is 3.82. The molecule has 0 saturated carbocycles. The number of nitrogens with zero attached hydrogens (tertiary/aromatic N) is 1.